The van der Waals surface area contributed by atoms with Crippen LogP contribution in [0.2, 0.25) is 0 Å². The Bertz CT molecular complexity index is 502. The summed E-state index contributed by atoms with van der Waals surface area (Å²) in [6, 6.07) is 6.87. The molecule has 5 nitrogen and oxygen atoms in total. The first kappa shape index (κ1) is 17.5. The maximum atomic E-state index is 13.0. The van der Waals surface area contributed by atoms with Crippen molar-refractivity contribution in [1.29, 1.82) is 0 Å². The van der Waals surface area contributed by atoms with Crippen molar-refractivity contribution < 1.29 is 23.0 Å². The van der Waals surface area contributed by atoms with Crippen LogP contribution >= 0.6 is 12.4 Å². The molecule has 2 rings (SSSR count). The summed E-state index contributed by atoms with van der Waals surface area (Å²) >= 11 is 0. The number of nitrogens with two attached hydrogens (primary N) is 1. The van der Waals surface area contributed by atoms with Crippen LogP contribution in [0, 0.1) is 0 Å². The van der Waals surface area contributed by atoms with Crippen LogP contribution in [-0.4, -0.2) is 37.1 Å². The van der Waals surface area contributed by atoms with E-state index in [0.717, 1.165) is 0 Å². The van der Waals surface area contributed by atoms with Crippen LogP contribution in [0.25, 0.3) is 0 Å². The van der Waals surface area contributed by atoms with E-state index < -0.39 is 37.1 Å². The fourth-order valence-electron chi connectivity index (χ4n) is 1.80. The topological polar surface area (TPSA) is 73.6 Å². The van der Waals surface area contributed by atoms with Crippen LogP contribution in [-0.2, 0) is 4.79 Å². The van der Waals surface area contributed by atoms with Gasteiger partial charge in [0.05, 0.1) is 13.1 Å². The van der Waals surface area contributed by atoms with E-state index in [1.54, 1.807) is 31.2 Å². The average molecular weight is 323 g/mol. The van der Waals surface area contributed by atoms with Gasteiger partial charge in [-0.3, -0.25) is 4.79 Å². The second-order valence-electron chi connectivity index (χ2n) is 4.59. The number of rotatable bonds is 4. The molecule has 21 heavy (non-hydrogen) atoms. The van der Waals surface area contributed by atoms with Gasteiger partial charge in [-0.05, 0) is 19.1 Å². The van der Waals surface area contributed by atoms with E-state index in [1.807, 2.05) is 0 Å². The summed E-state index contributed by atoms with van der Waals surface area (Å²) in [5.41, 5.74) is 4.90. The molecule has 0 saturated carbocycles. The van der Waals surface area contributed by atoms with Crippen molar-refractivity contribution in [1.82, 2.24) is 5.32 Å². The van der Waals surface area contributed by atoms with E-state index in [4.69, 9.17) is 15.2 Å². The zero-order chi connectivity index (χ0) is 14.8. The number of para-hydroxylation sites is 2. The summed E-state index contributed by atoms with van der Waals surface area (Å²) < 4.78 is 37.0. The van der Waals surface area contributed by atoms with E-state index in [1.165, 1.54) is 0 Å². The Kier molecular flexibility index (Phi) is 5.74. The molecular formula is C13H17ClF2N2O3. The molecule has 2 atom stereocenters. The molecule has 0 spiro atoms. The van der Waals surface area contributed by atoms with Crippen molar-refractivity contribution in [3.63, 3.8) is 0 Å². The monoisotopic (exact) mass is 322 g/mol. The zero-order valence-electron chi connectivity index (χ0n) is 11.3. The molecule has 0 fully saturated rings. The molecule has 0 bridgehead atoms. The highest BCUT2D eigenvalue weighted by Crippen LogP contribution is 2.33. The fourth-order valence-corrected chi connectivity index (χ4v) is 1.80. The van der Waals surface area contributed by atoms with E-state index in [9.17, 15) is 13.6 Å². The lowest BCUT2D eigenvalue weighted by Gasteiger charge is -2.31. The molecule has 0 aliphatic carbocycles. The first-order valence-corrected chi connectivity index (χ1v) is 6.21. The van der Waals surface area contributed by atoms with Gasteiger partial charge in [0.1, 0.15) is 6.10 Å². The van der Waals surface area contributed by atoms with Crippen molar-refractivity contribution in [2.45, 2.75) is 25.1 Å². The Hall–Kier alpha value is -1.60. The highest BCUT2D eigenvalue weighted by Gasteiger charge is 2.36. The molecule has 0 saturated heterocycles. The third kappa shape index (κ3) is 4.18. The molecule has 118 valence electrons. The molecular weight excluding hydrogens is 306 g/mol. The van der Waals surface area contributed by atoms with E-state index in [2.05, 4.69) is 5.32 Å². The molecule has 1 aromatic rings. The van der Waals surface area contributed by atoms with E-state index in [0.29, 0.717) is 11.5 Å². The summed E-state index contributed by atoms with van der Waals surface area (Å²) in [5.74, 6) is -2.85. The highest BCUT2D eigenvalue weighted by atomic mass is 35.5. The maximum Gasteiger partial charge on any atom is 0.277 e. The number of alkyl halides is 2. The normalized spacial score (nSPS) is 20.4. The third-order valence-corrected chi connectivity index (χ3v) is 2.92. The van der Waals surface area contributed by atoms with Gasteiger partial charge in [-0.1, -0.05) is 12.1 Å². The van der Waals surface area contributed by atoms with Gasteiger partial charge in [-0.15, -0.1) is 12.4 Å². The van der Waals surface area contributed by atoms with E-state index >= 15 is 0 Å². The molecule has 1 amide bonds. The molecule has 0 radical (unpaired) electrons. The highest BCUT2D eigenvalue weighted by molar-refractivity contribution is 5.85. The lowest BCUT2D eigenvalue weighted by atomic mass is 10.1. The van der Waals surface area contributed by atoms with Crippen LogP contribution in [0.1, 0.15) is 6.92 Å². The summed E-state index contributed by atoms with van der Waals surface area (Å²) in [5, 5.41) is 2.13. The third-order valence-electron chi connectivity index (χ3n) is 2.92. The molecule has 8 heteroatoms. The van der Waals surface area contributed by atoms with Gasteiger partial charge in [-0.2, -0.15) is 0 Å². The fraction of sp³-hybridized carbons (Fsp3) is 0.462. The number of ether oxygens (including phenoxy) is 2. The predicted octanol–water partition coefficient (Wildman–Crippen LogP) is 1.35. The Labute approximate surface area is 127 Å². The summed E-state index contributed by atoms with van der Waals surface area (Å²) in [7, 11) is 0. The first-order chi connectivity index (χ1) is 9.43. The van der Waals surface area contributed by atoms with Crippen molar-refractivity contribution in [2.75, 3.05) is 13.1 Å². The molecule has 3 N–H and O–H groups in total. The van der Waals surface area contributed by atoms with Crippen molar-refractivity contribution >= 4 is 18.3 Å². The molecule has 1 aromatic carbocycles. The number of benzene rings is 1. The summed E-state index contributed by atoms with van der Waals surface area (Å²) in [6.07, 6.45) is -1.55. The Balaban J connectivity index is 0.00000220. The Morgan fingerprint density at radius 2 is 1.90 bits per heavy atom. The summed E-state index contributed by atoms with van der Waals surface area (Å²) in [6.45, 7) is -0.00842. The van der Waals surface area contributed by atoms with Crippen LogP contribution in [0.5, 0.6) is 11.5 Å². The second-order valence-corrected chi connectivity index (χ2v) is 4.59. The minimum Gasteiger partial charge on any atom is -0.482 e. The molecule has 2 unspecified atom stereocenters. The Morgan fingerprint density at radius 3 is 2.48 bits per heavy atom. The largest absolute Gasteiger partial charge is 0.482 e. The Morgan fingerprint density at radius 1 is 1.33 bits per heavy atom. The lowest BCUT2D eigenvalue weighted by Crippen LogP contribution is -2.52. The number of fused-ring (bicyclic) bond motifs is 1. The quantitative estimate of drug-likeness (QED) is 0.877. The van der Waals surface area contributed by atoms with Gasteiger partial charge >= 0.3 is 0 Å². The van der Waals surface area contributed by atoms with Crippen molar-refractivity contribution in [3.05, 3.63) is 24.3 Å². The van der Waals surface area contributed by atoms with Gasteiger partial charge in [0.25, 0.3) is 11.8 Å². The van der Waals surface area contributed by atoms with Gasteiger partial charge in [0.2, 0.25) is 6.10 Å². The number of hydrogen-bond acceptors (Lipinski definition) is 4. The molecule has 1 aliphatic heterocycles. The molecule has 1 heterocycles. The molecule has 0 aromatic heterocycles. The van der Waals surface area contributed by atoms with Crippen molar-refractivity contribution in [3.8, 4) is 11.5 Å². The van der Waals surface area contributed by atoms with Gasteiger partial charge < -0.3 is 20.5 Å². The standard InChI is InChI=1S/C13H16F2N2O3.ClH/c1-8-11(12(18)17-7-13(14,15)6-16)20-10-5-3-2-4-9(10)19-8;/h2-5,8,11H,6-7,16H2,1H3,(H,17,18);1H. The first-order valence-electron chi connectivity index (χ1n) is 6.21. The van der Waals surface area contributed by atoms with Gasteiger partial charge in [-0.25, -0.2) is 8.78 Å². The van der Waals surface area contributed by atoms with Crippen LogP contribution in [0.15, 0.2) is 24.3 Å². The zero-order valence-corrected chi connectivity index (χ0v) is 12.2. The lowest BCUT2D eigenvalue weighted by molar-refractivity contribution is -0.135. The van der Waals surface area contributed by atoms with E-state index in [-0.39, 0.29) is 12.4 Å². The number of carbonyl (C=O) groups is 1. The number of carbonyl (C=O) groups excluding carboxylic acids is 1. The minimum absolute atomic E-state index is 0. The number of nitrogens with one attached hydrogen (secondary N) is 1. The number of halogens is 3. The van der Waals surface area contributed by atoms with Crippen molar-refractivity contribution in [2.24, 2.45) is 5.73 Å². The average Bonchev–Trinajstić information content (AvgIpc) is 2.44. The smallest absolute Gasteiger partial charge is 0.277 e. The minimum atomic E-state index is -3.13. The second kappa shape index (κ2) is 6.91. The summed E-state index contributed by atoms with van der Waals surface area (Å²) in [4.78, 5) is 11.9. The van der Waals surface area contributed by atoms with Gasteiger partial charge in [0, 0.05) is 0 Å². The number of amides is 1. The SMILES string of the molecule is CC1Oc2ccccc2OC1C(=O)NCC(F)(F)CN.Cl. The van der Waals surface area contributed by atoms with Gasteiger partial charge in [0.15, 0.2) is 11.5 Å². The number of hydrogen-bond donors (Lipinski definition) is 2. The molecule has 1 aliphatic rings. The van der Waals surface area contributed by atoms with Crippen LogP contribution in [0.4, 0.5) is 8.78 Å². The maximum absolute atomic E-state index is 13.0. The van der Waals surface area contributed by atoms with Crippen LogP contribution < -0.4 is 20.5 Å². The predicted molar refractivity (Wildman–Crippen MR) is 75.2 cm³/mol. The van der Waals surface area contributed by atoms with Crippen LogP contribution in [0.3, 0.4) is 0 Å².